The molecule has 0 radical (unpaired) electrons. The molecular formula is C28H26N4O3S2. The number of hydrogen-bond donors (Lipinski definition) is 1. The van der Waals surface area contributed by atoms with Crippen molar-refractivity contribution in [2.45, 2.75) is 36.9 Å². The number of hydrogen-bond acceptors (Lipinski definition) is 6. The molecule has 0 bridgehead atoms. The maximum atomic E-state index is 13.7. The van der Waals surface area contributed by atoms with Crippen molar-refractivity contribution in [1.29, 1.82) is 0 Å². The second kappa shape index (κ2) is 10.4. The molecule has 37 heavy (non-hydrogen) atoms. The van der Waals surface area contributed by atoms with Crippen LogP contribution in [-0.2, 0) is 27.8 Å². The summed E-state index contributed by atoms with van der Waals surface area (Å²) >= 11 is 1.17. The van der Waals surface area contributed by atoms with Gasteiger partial charge in [0.1, 0.15) is 4.90 Å². The Hall–Kier alpha value is -3.69. The van der Waals surface area contributed by atoms with Crippen molar-refractivity contribution in [1.82, 2.24) is 9.97 Å². The number of carbonyl (C=O) groups excluding carboxylic acids is 1. The lowest BCUT2D eigenvalue weighted by molar-refractivity contribution is -0.113. The first-order valence-electron chi connectivity index (χ1n) is 11.9. The summed E-state index contributed by atoms with van der Waals surface area (Å²) < 4.78 is 28.8. The van der Waals surface area contributed by atoms with Crippen LogP contribution in [0.1, 0.15) is 23.6 Å². The van der Waals surface area contributed by atoms with E-state index in [9.17, 15) is 13.2 Å². The van der Waals surface area contributed by atoms with Gasteiger partial charge in [0.25, 0.3) is 10.0 Å². The van der Waals surface area contributed by atoms with Crippen LogP contribution in [0.2, 0.25) is 0 Å². The van der Waals surface area contributed by atoms with E-state index in [4.69, 9.17) is 0 Å². The highest BCUT2D eigenvalue weighted by Gasteiger charge is 2.36. The minimum absolute atomic E-state index is 0.0597. The standard InChI is InChI=1S/C28H26N4O3S2/c1-3-21-11-4-6-13-23(21)30-26(33)18-36-28-29-16-25-27(31-28)22-12-5-7-14-24(22)32(37(25,34)35)17-20-10-8-9-19(2)15-20/h4-16H,3,17-18H2,1-2H3,(H,30,33). The number of aryl methyl sites for hydroxylation is 2. The van der Waals surface area contributed by atoms with E-state index in [1.54, 1.807) is 6.07 Å². The third-order valence-electron chi connectivity index (χ3n) is 6.14. The normalized spacial score (nSPS) is 13.5. The second-order valence-corrected chi connectivity index (χ2v) is 11.5. The summed E-state index contributed by atoms with van der Waals surface area (Å²) in [6, 6.07) is 22.8. The van der Waals surface area contributed by atoms with Gasteiger partial charge in [0.15, 0.2) is 5.16 Å². The fraction of sp³-hybridized carbons (Fsp3) is 0.179. The molecule has 0 unspecified atom stereocenters. The highest BCUT2D eigenvalue weighted by molar-refractivity contribution is 7.99. The molecule has 1 aromatic heterocycles. The van der Waals surface area contributed by atoms with Gasteiger partial charge in [-0.3, -0.25) is 9.10 Å². The molecule has 0 saturated heterocycles. The summed E-state index contributed by atoms with van der Waals surface area (Å²) in [5, 5.41) is 3.28. The van der Waals surface area contributed by atoms with Crippen LogP contribution >= 0.6 is 11.8 Å². The molecule has 1 amide bonds. The number of benzene rings is 3. The Balaban J connectivity index is 1.41. The summed E-state index contributed by atoms with van der Waals surface area (Å²) in [6.45, 7) is 4.22. The number of amides is 1. The Morgan fingerprint density at radius 1 is 1.03 bits per heavy atom. The first-order valence-corrected chi connectivity index (χ1v) is 14.3. The van der Waals surface area contributed by atoms with Crippen LogP contribution in [0.3, 0.4) is 0 Å². The Bertz CT molecular complexity index is 1590. The Labute approximate surface area is 221 Å². The zero-order valence-corrected chi connectivity index (χ0v) is 22.1. The van der Waals surface area contributed by atoms with Crippen molar-refractivity contribution >= 4 is 39.1 Å². The third kappa shape index (κ3) is 5.10. The van der Waals surface area contributed by atoms with E-state index in [0.717, 1.165) is 28.8 Å². The van der Waals surface area contributed by atoms with Gasteiger partial charge in [-0.1, -0.05) is 84.9 Å². The minimum Gasteiger partial charge on any atom is -0.325 e. The van der Waals surface area contributed by atoms with E-state index in [1.807, 2.05) is 80.6 Å². The highest BCUT2D eigenvalue weighted by Crippen LogP contribution is 2.42. The number of fused-ring (bicyclic) bond motifs is 3. The number of aromatic nitrogens is 2. The van der Waals surface area contributed by atoms with E-state index >= 15 is 0 Å². The fourth-order valence-corrected chi connectivity index (χ4v) is 6.53. The third-order valence-corrected chi connectivity index (χ3v) is 8.76. The molecule has 2 heterocycles. The average Bonchev–Trinajstić information content (AvgIpc) is 2.90. The van der Waals surface area contributed by atoms with Crippen LogP contribution in [0.5, 0.6) is 0 Å². The van der Waals surface area contributed by atoms with Crippen LogP contribution in [0.25, 0.3) is 11.3 Å². The summed E-state index contributed by atoms with van der Waals surface area (Å²) in [5.74, 6) is -0.0744. The lowest BCUT2D eigenvalue weighted by atomic mass is 10.1. The molecule has 3 aromatic carbocycles. The first kappa shape index (κ1) is 25.0. The minimum atomic E-state index is -3.88. The number of sulfonamides is 1. The van der Waals surface area contributed by atoms with Crippen molar-refractivity contribution < 1.29 is 13.2 Å². The van der Waals surface area contributed by atoms with E-state index in [0.29, 0.717) is 22.1 Å². The molecule has 5 rings (SSSR count). The highest BCUT2D eigenvalue weighted by atomic mass is 32.2. The zero-order chi connectivity index (χ0) is 26.0. The smallest absolute Gasteiger partial charge is 0.268 e. The number of carbonyl (C=O) groups is 1. The van der Waals surface area contributed by atoms with Crippen LogP contribution in [0.15, 0.2) is 89.0 Å². The second-order valence-electron chi connectivity index (χ2n) is 8.73. The average molecular weight is 531 g/mol. The largest absolute Gasteiger partial charge is 0.325 e. The molecular weight excluding hydrogens is 504 g/mol. The lowest BCUT2D eigenvalue weighted by Crippen LogP contribution is -2.34. The Kier molecular flexibility index (Phi) is 6.99. The Morgan fingerprint density at radius 2 is 1.81 bits per heavy atom. The number of para-hydroxylation sites is 2. The molecule has 0 spiro atoms. The zero-order valence-electron chi connectivity index (χ0n) is 20.5. The molecule has 4 aromatic rings. The predicted molar refractivity (Wildman–Crippen MR) is 147 cm³/mol. The lowest BCUT2D eigenvalue weighted by Gasteiger charge is -2.31. The predicted octanol–water partition coefficient (Wildman–Crippen LogP) is 5.45. The molecule has 1 aliphatic heterocycles. The number of thioether (sulfide) groups is 1. The van der Waals surface area contributed by atoms with E-state index < -0.39 is 10.0 Å². The number of nitrogens with one attached hydrogen (secondary N) is 1. The Morgan fingerprint density at radius 3 is 2.62 bits per heavy atom. The molecule has 7 nitrogen and oxygen atoms in total. The maximum absolute atomic E-state index is 13.7. The van der Waals surface area contributed by atoms with Crippen molar-refractivity contribution in [3.63, 3.8) is 0 Å². The fourth-order valence-electron chi connectivity index (χ4n) is 4.36. The van der Waals surface area contributed by atoms with Crippen molar-refractivity contribution in [3.8, 4) is 11.3 Å². The molecule has 1 aliphatic rings. The summed E-state index contributed by atoms with van der Waals surface area (Å²) in [7, 11) is -3.88. The molecule has 9 heteroatoms. The van der Waals surface area contributed by atoms with Crippen molar-refractivity contribution in [2.75, 3.05) is 15.4 Å². The van der Waals surface area contributed by atoms with Gasteiger partial charge in [-0.15, -0.1) is 0 Å². The first-order chi connectivity index (χ1) is 17.9. The van der Waals surface area contributed by atoms with Crippen molar-refractivity contribution in [2.24, 2.45) is 0 Å². The van der Waals surface area contributed by atoms with Gasteiger partial charge in [-0.05, 0) is 36.6 Å². The summed E-state index contributed by atoms with van der Waals surface area (Å²) in [4.78, 5) is 21.5. The van der Waals surface area contributed by atoms with Gasteiger partial charge >= 0.3 is 0 Å². The van der Waals surface area contributed by atoms with Gasteiger partial charge < -0.3 is 5.32 Å². The maximum Gasteiger partial charge on any atom is 0.268 e. The monoisotopic (exact) mass is 530 g/mol. The molecule has 0 atom stereocenters. The SMILES string of the molecule is CCc1ccccc1NC(=O)CSc1ncc2c(n1)-c1ccccc1N(Cc1cccc(C)c1)S2(=O)=O. The van der Waals surface area contributed by atoms with Gasteiger partial charge in [0, 0.05) is 11.3 Å². The molecule has 0 saturated carbocycles. The molecule has 1 N–H and O–H groups in total. The van der Waals surface area contributed by atoms with Crippen LogP contribution < -0.4 is 9.62 Å². The van der Waals surface area contributed by atoms with Gasteiger partial charge in [0.05, 0.1) is 29.9 Å². The van der Waals surface area contributed by atoms with E-state index in [2.05, 4.69) is 15.3 Å². The molecule has 0 aliphatic carbocycles. The van der Waals surface area contributed by atoms with Crippen LogP contribution in [0.4, 0.5) is 11.4 Å². The van der Waals surface area contributed by atoms with Crippen LogP contribution in [0, 0.1) is 6.92 Å². The number of nitrogens with zero attached hydrogens (tertiary/aromatic N) is 3. The topological polar surface area (TPSA) is 92.3 Å². The number of anilines is 2. The summed E-state index contributed by atoms with van der Waals surface area (Å²) in [6.07, 6.45) is 2.16. The molecule has 0 fully saturated rings. The quantitative estimate of drug-likeness (QED) is 0.252. The van der Waals surface area contributed by atoms with Crippen LogP contribution in [-0.4, -0.2) is 30.0 Å². The number of rotatable bonds is 7. The van der Waals surface area contributed by atoms with Crippen molar-refractivity contribution in [3.05, 3.63) is 95.7 Å². The van der Waals surface area contributed by atoms with Gasteiger partial charge in [0.2, 0.25) is 5.91 Å². The van der Waals surface area contributed by atoms with E-state index in [-0.39, 0.29) is 23.1 Å². The summed E-state index contributed by atoms with van der Waals surface area (Å²) in [5.41, 5.74) is 5.44. The van der Waals surface area contributed by atoms with E-state index in [1.165, 1.54) is 22.3 Å². The van der Waals surface area contributed by atoms with Gasteiger partial charge in [-0.25, -0.2) is 18.4 Å². The van der Waals surface area contributed by atoms with Gasteiger partial charge in [-0.2, -0.15) is 0 Å². The molecule has 188 valence electrons.